The van der Waals surface area contributed by atoms with Crippen LogP contribution in [0.1, 0.15) is 17.4 Å². The van der Waals surface area contributed by atoms with E-state index in [9.17, 15) is 4.79 Å². The molecule has 106 valence electrons. The van der Waals surface area contributed by atoms with Gasteiger partial charge in [0.15, 0.2) is 0 Å². The largest absolute Gasteiger partial charge is 0.374 e. The average molecular weight is 309 g/mol. The maximum Gasteiger partial charge on any atom is 0.242 e. The summed E-state index contributed by atoms with van der Waals surface area (Å²) in [6, 6.07) is 9.35. The van der Waals surface area contributed by atoms with E-state index in [1.54, 1.807) is 11.3 Å². The molecule has 2 aromatic rings. The van der Waals surface area contributed by atoms with Crippen LogP contribution in [0.15, 0.2) is 35.7 Å². The van der Waals surface area contributed by atoms with Gasteiger partial charge in [0.25, 0.3) is 0 Å². The van der Waals surface area contributed by atoms with Crippen LogP contribution >= 0.6 is 22.9 Å². The second kappa shape index (κ2) is 6.77. The zero-order valence-corrected chi connectivity index (χ0v) is 13.0. The highest BCUT2D eigenvalue weighted by Gasteiger charge is 2.12. The first-order chi connectivity index (χ1) is 9.56. The van der Waals surface area contributed by atoms with E-state index in [1.165, 1.54) is 0 Å². The molecule has 20 heavy (non-hydrogen) atoms. The van der Waals surface area contributed by atoms with Gasteiger partial charge in [-0.05, 0) is 43.0 Å². The minimum absolute atomic E-state index is 0.0323. The summed E-state index contributed by atoms with van der Waals surface area (Å²) in [5, 5.41) is 8.75. The van der Waals surface area contributed by atoms with Crippen LogP contribution in [0.3, 0.4) is 0 Å². The van der Waals surface area contributed by atoms with Crippen molar-refractivity contribution in [2.45, 2.75) is 26.4 Å². The van der Waals surface area contributed by atoms with Gasteiger partial charge in [-0.1, -0.05) is 23.7 Å². The van der Waals surface area contributed by atoms with E-state index in [0.29, 0.717) is 11.6 Å². The van der Waals surface area contributed by atoms with Crippen LogP contribution in [0.4, 0.5) is 5.69 Å². The quantitative estimate of drug-likeness (QED) is 0.881. The van der Waals surface area contributed by atoms with Gasteiger partial charge in [-0.2, -0.15) is 0 Å². The fraction of sp³-hybridized carbons (Fsp3) is 0.267. The smallest absolute Gasteiger partial charge is 0.242 e. The topological polar surface area (TPSA) is 41.1 Å². The molecule has 1 aromatic carbocycles. The monoisotopic (exact) mass is 308 g/mol. The fourth-order valence-electron chi connectivity index (χ4n) is 1.74. The van der Waals surface area contributed by atoms with Gasteiger partial charge >= 0.3 is 0 Å². The third-order valence-electron chi connectivity index (χ3n) is 2.97. The van der Waals surface area contributed by atoms with Crippen LogP contribution in [-0.2, 0) is 11.3 Å². The zero-order valence-electron chi connectivity index (χ0n) is 11.4. The van der Waals surface area contributed by atoms with Crippen molar-refractivity contribution in [1.82, 2.24) is 5.32 Å². The standard InChI is InChI=1S/C15H17ClN2OS/c1-10-5-6-12(8-14(10)16)18-11(2)15(19)17-9-13-4-3-7-20-13/h3-8,11,18H,9H2,1-2H3,(H,17,19)/t11-/m0/s1. The lowest BCUT2D eigenvalue weighted by Gasteiger charge is -2.15. The van der Waals surface area contributed by atoms with Crippen molar-refractivity contribution in [3.8, 4) is 0 Å². The molecule has 0 saturated carbocycles. The predicted molar refractivity (Wildman–Crippen MR) is 85.4 cm³/mol. The van der Waals surface area contributed by atoms with Crippen LogP contribution in [0.5, 0.6) is 0 Å². The van der Waals surface area contributed by atoms with Gasteiger partial charge in [-0.15, -0.1) is 11.3 Å². The van der Waals surface area contributed by atoms with Gasteiger partial charge in [0, 0.05) is 15.6 Å². The summed E-state index contributed by atoms with van der Waals surface area (Å²) >= 11 is 7.70. The molecule has 0 aliphatic carbocycles. The number of carbonyl (C=O) groups excluding carboxylic acids is 1. The molecule has 3 nitrogen and oxygen atoms in total. The molecule has 0 fully saturated rings. The molecular formula is C15H17ClN2OS. The summed E-state index contributed by atoms with van der Waals surface area (Å²) in [4.78, 5) is 13.1. The number of hydrogen-bond donors (Lipinski definition) is 2. The number of nitrogens with one attached hydrogen (secondary N) is 2. The summed E-state index contributed by atoms with van der Waals surface area (Å²) in [6.07, 6.45) is 0. The summed E-state index contributed by atoms with van der Waals surface area (Å²) in [5.74, 6) is -0.0323. The lowest BCUT2D eigenvalue weighted by Crippen LogP contribution is -2.37. The number of amides is 1. The SMILES string of the molecule is Cc1ccc(N[C@@H](C)C(=O)NCc2cccs2)cc1Cl. The van der Waals surface area contributed by atoms with Crippen LogP contribution in [0.25, 0.3) is 0 Å². The Morgan fingerprint density at radius 3 is 2.85 bits per heavy atom. The Labute approximate surface area is 128 Å². The molecule has 1 atom stereocenters. The summed E-state index contributed by atoms with van der Waals surface area (Å²) < 4.78 is 0. The van der Waals surface area contributed by atoms with Gasteiger partial charge < -0.3 is 10.6 Å². The van der Waals surface area contributed by atoms with Gasteiger partial charge in [-0.25, -0.2) is 0 Å². The first kappa shape index (κ1) is 14.9. The Kier molecular flexibility index (Phi) is 5.04. The van der Waals surface area contributed by atoms with E-state index in [2.05, 4.69) is 10.6 Å². The Morgan fingerprint density at radius 1 is 1.40 bits per heavy atom. The van der Waals surface area contributed by atoms with E-state index >= 15 is 0 Å². The number of halogens is 1. The molecule has 1 heterocycles. The molecule has 5 heteroatoms. The molecule has 0 bridgehead atoms. The molecule has 2 N–H and O–H groups in total. The van der Waals surface area contributed by atoms with Crippen molar-refractivity contribution in [3.05, 3.63) is 51.2 Å². The molecule has 1 aromatic heterocycles. The van der Waals surface area contributed by atoms with Crippen molar-refractivity contribution >= 4 is 34.5 Å². The number of aryl methyl sites for hydroxylation is 1. The average Bonchev–Trinajstić information content (AvgIpc) is 2.93. The molecule has 0 radical (unpaired) electrons. The van der Waals surface area contributed by atoms with Crippen LogP contribution in [-0.4, -0.2) is 11.9 Å². The minimum Gasteiger partial charge on any atom is -0.374 e. The first-order valence-electron chi connectivity index (χ1n) is 6.39. The normalized spacial score (nSPS) is 11.9. The van der Waals surface area contributed by atoms with Crippen LogP contribution < -0.4 is 10.6 Å². The Bertz CT molecular complexity index is 584. The van der Waals surface area contributed by atoms with Crippen molar-refractivity contribution < 1.29 is 4.79 Å². The second-order valence-corrected chi connectivity index (χ2v) is 6.07. The van der Waals surface area contributed by atoms with Gasteiger partial charge in [-0.3, -0.25) is 4.79 Å². The third-order valence-corrected chi connectivity index (χ3v) is 4.25. The zero-order chi connectivity index (χ0) is 14.5. The third kappa shape index (κ3) is 3.99. The van der Waals surface area contributed by atoms with Crippen molar-refractivity contribution in [2.75, 3.05) is 5.32 Å². The van der Waals surface area contributed by atoms with Crippen LogP contribution in [0.2, 0.25) is 5.02 Å². The Balaban J connectivity index is 1.88. The highest BCUT2D eigenvalue weighted by molar-refractivity contribution is 7.09. The number of anilines is 1. The van der Waals surface area contributed by atoms with E-state index < -0.39 is 0 Å². The summed E-state index contributed by atoms with van der Waals surface area (Å²) in [7, 11) is 0. The van der Waals surface area contributed by atoms with E-state index in [0.717, 1.165) is 16.1 Å². The highest BCUT2D eigenvalue weighted by Crippen LogP contribution is 2.20. The second-order valence-electron chi connectivity index (χ2n) is 4.63. The molecular weight excluding hydrogens is 292 g/mol. The number of carbonyl (C=O) groups is 1. The molecule has 1 amide bonds. The first-order valence-corrected chi connectivity index (χ1v) is 7.65. The van der Waals surface area contributed by atoms with E-state index in [1.807, 2.05) is 49.6 Å². The molecule has 0 unspecified atom stereocenters. The molecule has 0 spiro atoms. The lowest BCUT2D eigenvalue weighted by atomic mass is 10.2. The molecule has 0 aliphatic heterocycles. The molecule has 2 rings (SSSR count). The predicted octanol–water partition coefficient (Wildman–Crippen LogP) is 3.83. The van der Waals surface area contributed by atoms with Crippen molar-refractivity contribution in [3.63, 3.8) is 0 Å². The Morgan fingerprint density at radius 2 is 2.20 bits per heavy atom. The number of hydrogen-bond acceptors (Lipinski definition) is 3. The van der Waals surface area contributed by atoms with E-state index in [4.69, 9.17) is 11.6 Å². The summed E-state index contributed by atoms with van der Waals surface area (Å²) in [5.41, 5.74) is 1.87. The fourth-order valence-corrected chi connectivity index (χ4v) is 2.56. The van der Waals surface area contributed by atoms with Gasteiger partial charge in [0.05, 0.1) is 6.54 Å². The minimum atomic E-state index is -0.311. The number of benzene rings is 1. The van der Waals surface area contributed by atoms with Crippen LogP contribution in [0, 0.1) is 6.92 Å². The van der Waals surface area contributed by atoms with Crippen molar-refractivity contribution in [1.29, 1.82) is 0 Å². The maximum absolute atomic E-state index is 12.0. The lowest BCUT2D eigenvalue weighted by molar-refractivity contribution is -0.121. The van der Waals surface area contributed by atoms with E-state index in [-0.39, 0.29) is 11.9 Å². The van der Waals surface area contributed by atoms with Gasteiger partial charge in [0.2, 0.25) is 5.91 Å². The summed E-state index contributed by atoms with van der Waals surface area (Å²) in [6.45, 7) is 4.35. The number of rotatable bonds is 5. The van der Waals surface area contributed by atoms with Gasteiger partial charge in [0.1, 0.15) is 6.04 Å². The Hall–Kier alpha value is -1.52. The number of thiophene rings is 1. The maximum atomic E-state index is 12.0. The highest BCUT2D eigenvalue weighted by atomic mass is 35.5. The molecule has 0 saturated heterocycles. The molecule has 0 aliphatic rings. The van der Waals surface area contributed by atoms with Crippen molar-refractivity contribution in [2.24, 2.45) is 0 Å².